The van der Waals surface area contributed by atoms with Gasteiger partial charge in [0, 0.05) is 23.7 Å². The van der Waals surface area contributed by atoms with E-state index in [2.05, 4.69) is 29.0 Å². The number of nitrogen functional groups attached to an aromatic ring is 1. The van der Waals surface area contributed by atoms with Gasteiger partial charge in [-0.2, -0.15) is 5.23 Å². The number of fused-ring (bicyclic) bond motifs is 2. The first-order valence-corrected chi connectivity index (χ1v) is 9.89. The van der Waals surface area contributed by atoms with Crippen molar-refractivity contribution in [3.05, 3.63) is 35.5 Å². The quantitative estimate of drug-likeness (QED) is 0.249. The predicted octanol–water partition coefficient (Wildman–Crippen LogP) is 2.53. The van der Waals surface area contributed by atoms with Crippen LogP contribution in [0.15, 0.2) is 30.3 Å². The molecule has 0 saturated heterocycles. The molecule has 0 aliphatic rings. The Bertz CT molecular complexity index is 989. The van der Waals surface area contributed by atoms with Crippen molar-refractivity contribution in [1.29, 1.82) is 0 Å². The molecule has 8 nitrogen and oxygen atoms in total. The van der Waals surface area contributed by atoms with E-state index in [-0.39, 0.29) is 5.69 Å². The second-order valence-corrected chi connectivity index (χ2v) is 6.91. The number of nitrogens with two attached hydrogens (primary N) is 1. The largest absolute Gasteiger partial charge is 0.595 e. The Morgan fingerprint density at radius 3 is 2.66 bits per heavy atom. The van der Waals surface area contributed by atoms with Crippen LogP contribution in [-0.2, 0) is 0 Å². The highest BCUT2D eigenvalue weighted by atomic mass is 16.8. The number of rotatable bonds is 9. The first kappa shape index (κ1) is 21.1. The van der Waals surface area contributed by atoms with Crippen molar-refractivity contribution >= 4 is 38.9 Å². The third-order valence-electron chi connectivity index (χ3n) is 5.26. The average Bonchev–Trinajstić information content (AvgIpc) is 2.73. The highest BCUT2D eigenvalue weighted by molar-refractivity contribution is 6.14. The third-order valence-corrected chi connectivity index (χ3v) is 5.26. The van der Waals surface area contributed by atoms with Gasteiger partial charge in [-0.1, -0.05) is 13.8 Å². The number of quaternary nitrogens is 1. The first-order valence-electron chi connectivity index (χ1n) is 9.89. The normalized spacial score (nSPS) is 12.6. The number of nitrogens with zero attached hydrogens (tertiary/aromatic N) is 2. The zero-order valence-electron chi connectivity index (χ0n) is 17.2. The average molecular weight is 399 g/mol. The molecule has 2 aromatic carbocycles. The topological polar surface area (TPSA) is 111 Å². The molecule has 8 heteroatoms. The van der Waals surface area contributed by atoms with Crippen LogP contribution in [0, 0.1) is 5.21 Å². The molecule has 0 saturated carbocycles. The van der Waals surface area contributed by atoms with Gasteiger partial charge in [-0.25, -0.2) is 10.2 Å². The standard InChI is InChI=1S/C21H29N5O3/c1-4-25(5-2)12-6-11-23-17-9-10-18(26(27)28)21-19(17)20(22)15-13-14(29-3)7-8-16(15)24-21/h7-10,13,23,26-27H,4-6,11-12H2,1-3H3,(H2,22,24). The second-order valence-electron chi connectivity index (χ2n) is 6.91. The number of benzene rings is 2. The van der Waals surface area contributed by atoms with E-state index in [0.29, 0.717) is 27.9 Å². The Morgan fingerprint density at radius 2 is 2.00 bits per heavy atom. The van der Waals surface area contributed by atoms with Gasteiger partial charge in [-0.3, -0.25) is 0 Å². The van der Waals surface area contributed by atoms with E-state index in [9.17, 15) is 10.4 Å². The molecule has 1 atom stereocenters. The van der Waals surface area contributed by atoms with Crippen LogP contribution in [0.1, 0.15) is 20.3 Å². The molecule has 0 bridgehead atoms. The molecule has 3 rings (SSSR count). The number of aromatic nitrogens is 1. The van der Waals surface area contributed by atoms with Crippen molar-refractivity contribution in [2.75, 3.05) is 44.3 Å². The summed E-state index contributed by atoms with van der Waals surface area (Å²) in [6.45, 7) is 8.11. The molecular weight excluding hydrogens is 370 g/mol. The van der Waals surface area contributed by atoms with Gasteiger partial charge in [-0.05, 0) is 50.3 Å². The summed E-state index contributed by atoms with van der Waals surface area (Å²) >= 11 is 0. The molecule has 3 aromatic rings. The fourth-order valence-corrected chi connectivity index (χ4v) is 3.58. The molecule has 29 heavy (non-hydrogen) atoms. The van der Waals surface area contributed by atoms with Gasteiger partial charge in [0.15, 0.2) is 5.69 Å². The van der Waals surface area contributed by atoms with E-state index < -0.39 is 5.23 Å². The van der Waals surface area contributed by atoms with Gasteiger partial charge < -0.3 is 25.9 Å². The van der Waals surface area contributed by atoms with E-state index in [1.54, 1.807) is 31.4 Å². The number of pyridine rings is 1. The zero-order valence-corrected chi connectivity index (χ0v) is 17.2. The van der Waals surface area contributed by atoms with E-state index in [1.807, 2.05) is 6.07 Å². The van der Waals surface area contributed by atoms with E-state index in [0.717, 1.165) is 43.7 Å². The molecule has 1 aromatic heterocycles. The molecule has 0 aliphatic carbocycles. The van der Waals surface area contributed by atoms with Gasteiger partial charge in [0.05, 0.1) is 23.7 Å². The van der Waals surface area contributed by atoms with Crippen molar-refractivity contribution in [3.63, 3.8) is 0 Å². The SMILES string of the molecule is CCN(CC)CCCNc1ccc([NH+]([O-])O)c2nc3ccc(OC)cc3c(N)c12. The van der Waals surface area contributed by atoms with Crippen molar-refractivity contribution in [2.45, 2.75) is 20.3 Å². The Labute approximate surface area is 170 Å². The van der Waals surface area contributed by atoms with E-state index in [4.69, 9.17) is 10.5 Å². The number of hydrogen-bond acceptors (Lipinski definition) is 7. The van der Waals surface area contributed by atoms with Crippen LogP contribution in [0.4, 0.5) is 17.1 Å². The van der Waals surface area contributed by atoms with Crippen LogP contribution in [-0.4, -0.2) is 48.4 Å². The summed E-state index contributed by atoms with van der Waals surface area (Å²) in [5, 5.41) is 25.1. The summed E-state index contributed by atoms with van der Waals surface area (Å²) in [6, 6.07) is 8.76. The zero-order chi connectivity index (χ0) is 21.0. The molecule has 156 valence electrons. The van der Waals surface area contributed by atoms with Crippen molar-refractivity contribution in [2.24, 2.45) is 0 Å². The molecular formula is C21H29N5O3. The molecule has 0 amide bonds. The molecule has 0 aliphatic heterocycles. The molecule has 0 fully saturated rings. The van der Waals surface area contributed by atoms with Gasteiger partial charge in [0.25, 0.3) is 0 Å². The van der Waals surface area contributed by atoms with Crippen LogP contribution in [0.3, 0.4) is 0 Å². The van der Waals surface area contributed by atoms with E-state index in [1.165, 1.54) is 0 Å². The first-order chi connectivity index (χ1) is 14.0. The molecule has 5 N–H and O–H groups in total. The summed E-state index contributed by atoms with van der Waals surface area (Å²) in [5.74, 6) is 0.675. The second kappa shape index (κ2) is 9.23. The third kappa shape index (κ3) is 4.35. The lowest BCUT2D eigenvalue weighted by atomic mass is 10.0. The maximum atomic E-state index is 11.7. The van der Waals surface area contributed by atoms with Crippen LogP contribution in [0.2, 0.25) is 0 Å². The summed E-state index contributed by atoms with van der Waals surface area (Å²) in [4.78, 5) is 6.98. The Morgan fingerprint density at radius 1 is 1.24 bits per heavy atom. The number of methoxy groups -OCH3 is 1. The maximum absolute atomic E-state index is 11.7. The number of anilines is 2. The summed E-state index contributed by atoms with van der Waals surface area (Å²) in [5.41, 5.74) is 8.96. The maximum Gasteiger partial charge on any atom is 0.190 e. The van der Waals surface area contributed by atoms with Crippen molar-refractivity contribution in [1.82, 2.24) is 9.88 Å². The van der Waals surface area contributed by atoms with Crippen LogP contribution < -0.4 is 21.0 Å². The monoisotopic (exact) mass is 399 g/mol. The minimum atomic E-state index is -1.03. The minimum absolute atomic E-state index is 0.137. The summed E-state index contributed by atoms with van der Waals surface area (Å²) in [6.07, 6.45) is 0.971. The van der Waals surface area contributed by atoms with Crippen LogP contribution in [0.25, 0.3) is 21.8 Å². The van der Waals surface area contributed by atoms with E-state index >= 15 is 0 Å². The lowest BCUT2D eigenvalue weighted by Gasteiger charge is -2.20. The van der Waals surface area contributed by atoms with Gasteiger partial charge in [0.2, 0.25) is 0 Å². The van der Waals surface area contributed by atoms with Crippen molar-refractivity contribution in [3.8, 4) is 5.75 Å². The molecule has 1 heterocycles. The Kier molecular flexibility index (Phi) is 6.71. The molecule has 0 radical (unpaired) electrons. The Hall–Kier alpha value is -2.65. The Balaban J connectivity index is 2.03. The smallest absolute Gasteiger partial charge is 0.190 e. The lowest BCUT2D eigenvalue weighted by Crippen LogP contribution is -2.99. The van der Waals surface area contributed by atoms with Gasteiger partial charge in [0.1, 0.15) is 11.3 Å². The summed E-state index contributed by atoms with van der Waals surface area (Å²) < 4.78 is 5.31. The van der Waals surface area contributed by atoms with Crippen LogP contribution in [0.5, 0.6) is 5.75 Å². The fourth-order valence-electron chi connectivity index (χ4n) is 3.58. The highest BCUT2D eigenvalue weighted by Crippen LogP contribution is 2.37. The van der Waals surface area contributed by atoms with Crippen molar-refractivity contribution < 1.29 is 15.2 Å². The minimum Gasteiger partial charge on any atom is -0.595 e. The lowest BCUT2D eigenvalue weighted by molar-refractivity contribution is -0.990. The van der Waals surface area contributed by atoms with Crippen LogP contribution >= 0.6 is 0 Å². The van der Waals surface area contributed by atoms with Gasteiger partial charge >= 0.3 is 0 Å². The number of nitrogens with one attached hydrogen (secondary N) is 2. The number of hydrogen-bond donors (Lipinski definition) is 4. The van der Waals surface area contributed by atoms with Gasteiger partial charge in [-0.15, -0.1) is 0 Å². The predicted molar refractivity (Wildman–Crippen MR) is 117 cm³/mol. The highest BCUT2D eigenvalue weighted by Gasteiger charge is 2.18. The molecule has 1 unspecified atom stereocenters. The molecule has 0 spiro atoms. The summed E-state index contributed by atoms with van der Waals surface area (Å²) in [7, 11) is 1.59. The fraction of sp³-hybridized carbons (Fsp3) is 0.381. The number of ether oxygens (including phenoxy) is 1.